The third-order valence-corrected chi connectivity index (χ3v) is 5.80. The largest absolute Gasteiger partial charge is 0.382 e. The van der Waals surface area contributed by atoms with Crippen molar-refractivity contribution < 1.29 is 0 Å². The summed E-state index contributed by atoms with van der Waals surface area (Å²) >= 11 is 0. The maximum absolute atomic E-state index is 4.86. The van der Waals surface area contributed by atoms with E-state index in [1.807, 2.05) is 54.1 Å². The van der Waals surface area contributed by atoms with Crippen LogP contribution in [0.1, 0.15) is 51.0 Å². The normalized spacial score (nSPS) is 16.5. The number of benzene rings is 1. The quantitative estimate of drug-likeness (QED) is 0.447. The first-order chi connectivity index (χ1) is 15.8. The lowest BCUT2D eigenvalue weighted by molar-refractivity contribution is 0.463. The number of fused-ring (bicyclic) bond motifs is 1. The summed E-state index contributed by atoms with van der Waals surface area (Å²) in [6.07, 6.45) is 21.9. The molecule has 3 aromatic rings. The Morgan fingerprint density at radius 3 is 2.44 bits per heavy atom. The molecule has 4 nitrogen and oxygen atoms in total. The first-order valence-electron chi connectivity index (χ1n) is 11.6. The SMILES string of the molecule is C1=CC=CCC=C1.CC(=Nc1cc(NC2CCCCC2)cc2ccnn12)c1ccccc1. The number of aliphatic imine (C=N–C) groups is 1. The van der Waals surface area contributed by atoms with Crippen molar-refractivity contribution in [2.75, 3.05) is 5.32 Å². The Morgan fingerprint density at radius 1 is 0.938 bits per heavy atom. The van der Waals surface area contributed by atoms with Crippen LogP contribution in [0.3, 0.4) is 0 Å². The molecule has 1 fully saturated rings. The van der Waals surface area contributed by atoms with Crippen LogP contribution in [0.15, 0.2) is 96.2 Å². The summed E-state index contributed by atoms with van der Waals surface area (Å²) in [5, 5.41) is 8.14. The van der Waals surface area contributed by atoms with E-state index in [1.165, 1.54) is 32.1 Å². The lowest BCUT2D eigenvalue weighted by Crippen LogP contribution is -2.22. The summed E-state index contributed by atoms with van der Waals surface area (Å²) in [4.78, 5) is 4.86. The van der Waals surface area contributed by atoms with Gasteiger partial charge < -0.3 is 5.32 Å². The van der Waals surface area contributed by atoms with Crippen LogP contribution in [-0.2, 0) is 0 Å². The van der Waals surface area contributed by atoms with E-state index >= 15 is 0 Å². The number of nitrogens with zero attached hydrogens (tertiary/aromatic N) is 3. The summed E-state index contributed by atoms with van der Waals surface area (Å²) in [7, 11) is 0. The molecule has 1 saturated carbocycles. The van der Waals surface area contributed by atoms with Gasteiger partial charge >= 0.3 is 0 Å². The summed E-state index contributed by atoms with van der Waals surface area (Å²) in [5.74, 6) is 0.863. The Labute approximate surface area is 191 Å². The van der Waals surface area contributed by atoms with Crippen molar-refractivity contribution in [3.05, 3.63) is 96.7 Å². The fourth-order valence-electron chi connectivity index (χ4n) is 4.10. The van der Waals surface area contributed by atoms with Gasteiger partial charge in [-0.3, -0.25) is 0 Å². The molecule has 1 aromatic carbocycles. The van der Waals surface area contributed by atoms with Crippen LogP contribution in [-0.4, -0.2) is 21.4 Å². The second-order valence-electron chi connectivity index (χ2n) is 8.29. The number of aromatic nitrogens is 2. The minimum absolute atomic E-state index is 0.575. The standard InChI is InChI=1S/C21H24N4.C7H8/c1-16(17-8-4-2-5-9-17)23-21-15-19(14-20-12-13-22-25(20)21)24-18-10-6-3-7-11-18;1-2-4-6-7-5-3-1/h2,4-5,8-9,12-15,18,24H,3,6-7,10-11H2,1H3;1-6H,7H2. The van der Waals surface area contributed by atoms with Crippen molar-refractivity contribution in [2.45, 2.75) is 51.5 Å². The molecule has 0 spiro atoms. The van der Waals surface area contributed by atoms with Gasteiger partial charge in [0.05, 0.1) is 11.7 Å². The number of rotatable bonds is 4. The van der Waals surface area contributed by atoms with Gasteiger partial charge in [-0.15, -0.1) is 0 Å². The average Bonchev–Trinajstić information content (AvgIpc) is 3.10. The maximum Gasteiger partial charge on any atom is 0.156 e. The Balaban J connectivity index is 0.000000300. The maximum atomic E-state index is 4.86. The molecule has 0 atom stereocenters. The number of hydrogen-bond acceptors (Lipinski definition) is 3. The molecule has 2 heterocycles. The van der Waals surface area contributed by atoms with E-state index < -0.39 is 0 Å². The topological polar surface area (TPSA) is 41.7 Å². The molecule has 2 aliphatic carbocycles. The fraction of sp³-hybridized carbons (Fsp3) is 0.286. The van der Waals surface area contributed by atoms with Crippen LogP contribution >= 0.6 is 0 Å². The zero-order chi connectivity index (χ0) is 22.0. The van der Waals surface area contributed by atoms with Gasteiger partial charge in [-0.25, -0.2) is 9.51 Å². The zero-order valence-corrected chi connectivity index (χ0v) is 18.8. The van der Waals surface area contributed by atoms with Gasteiger partial charge in [0.2, 0.25) is 0 Å². The lowest BCUT2D eigenvalue weighted by Gasteiger charge is -2.24. The number of allylic oxidation sites excluding steroid dienone is 6. The highest BCUT2D eigenvalue weighted by atomic mass is 15.3. The highest BCUT2D eigenvalue weighted by molar-refractivity contribution is 6.00. The lowest BCUT2D eigenvalue weighted by atomic mass is 9.95. The molecule has 0 radical (unpaired) electrons. The molecule has 0 saturated heterocycles. The van der Waals surface area contributed by atoms with Gasteiger partial charge in [0.25, 0.3) is 0 Å². The van der Waals surface area contributed by atoms with Crippen molar-refractivity contribution in [1.82, 2.24) is 9.61 Å². The predicted molar refractivity (Wildman–Crippen MR) is 136 cm³/mol. The van der Waals surface area contributed by atoms with Gasteiger partial charge in [0, 0.05) is 23.5 Å². The predicted octanol–water partition coefficient (Wildman–Crippen LogP) is 7.28. The average molecular weight is 425 g/mol. The van der Waals surface area contributed by atoms with Gasteiger partial charge in [-0.05, 0) is 43.9 Å². The molecule has 164 valence electrons. The molecule has 0 bridgehead atoms. The van der Waals surface area contributed by atoms with Gasteiger partial charge in [-0.1, -0.05) is 86.1 Å². The van der Waals surface area contributed by atoms with Crippen LogP contribution in [0.2, 0.25) is 0 Å². The van der Waals surface area contributed by atoms with Crippen LogP contribution in [0.5, 0.6) is 0 Å². The van der Waals surface area contributed by atoms with E-state index in [4.69, 9.17) is 4.99 Å². The fourth-order valence-corrected chi connectivity index (χ4v) is 4.10. The van der Waals surface area contributed by atoms with E-state index in [0.29, 0.717) is 6.04 Å². The Kier molecular flexibility index (Phi) is 7.69. The molecule has 32 heavy (non-hydrogen) atoms. The molecule has 2 aliphatic rings. The van der Waals surface area contributed by atoms with Gasteiger partial charge in [0.1, 0.15) is 0 Å². The highest BCUT2D eigenvalue weighted by Gasteiger charge is 2.14. The Morgan fingerprint density at radius 2 is 1.69 bits per heavy atom. The molecule has 1 N–H and O–H groups in total. The molecule has 0 unspecified atom stereocenters. The highest BCUT2D eigenvalue weighted by Crippen LogP contribution is 2.26. The van der Waals surface area contributed by atoms with E-state index in [-0.39, 0.29) is 0 Å². The molecule has 4 heteroatoms. The van der Waals surface area contributed by atoms with Crippen molar-refractivity contribution >= 4 is 22.7 Å². The number of hydrogen-bond donors (Lipinski definition) is 1. The van der Waals surface area contributed by atoms with Crippen LogP contribution < -0.4 is 5.32 Å². The van der Waals surface area contributed by atoms with Crippen LogP contribution in [0.4, 0.5) is 11.5 Å². The van der Waals surface area contributed by atoms with Crippen molar-refractivity contribution in [3.63, 3.8) is 0 Å². The minimum Gasteiger partial charge on any atom is -0.382 e. The van der Waals surface area contributed by atoms with Crippen molar-refractivity contribution in [1.29, 1.82) is 0 Å². The summed E-state index contributed by atoms with van der Waals surface area (Å²) in [6, 6.07) is 17.2. The Bertz CT molecular complexity index is 1100. The summed E-state index contributed by atoms with van der Waals surface area (Å²) < 4.78 is 1.90. The second-order valence-corrected chi connectivity index (χ2v) is 8.29. The third kappa shape index (κ3) is 6.07. The van der Waals surface area contributed by atoms with E-state index in [0.717, 1.165) is 34.7 Å². The van der Waals surface area contributed by atoms with E-state index in [2.05, 4.69) is 59.0 Å². The van der Waals surface area contributed by atoms with Gasteiger partial charge in [0.15, 0.2) is 5.82 Å². The molecule has 0 amide bonds. The number of pyridine rings is 1. The first kappa shape index (κ1) is 21.8. The molecule has 2 aromatic heterocycles. The van der Waals surface area contributed by atoms with Crippen molar-refractivity contribution in [2.24, 2.45) is 4.99 Å². The zero-order valence-electron chi connectivity index (χ0n) is 18.8. The molecular formula is C28H32N4. The monoisotopic (exact) mass is 424 g/mol. The number of nitrogens with one attached hydrogen (secondary N) is 1. The minimum atomic E-state index is 0.575. The smallest absolute Gasteiger partial charge is 0.156 e. The summed E-state index contributed by atoms with van der Waals surface area (Å²) in [5.41, 5.74) is 4.33. The van der Waals surface area contributed by atoms with Crippen LogP contribution in [0.25, 0.3) is 5.52 Å². The van der Waals surface area contributed by atoms with Crippen LogP contribution in [0, 0.1) is 0 Å². The molecule has 0 aliphatic heterocycles. The molecule has 5 rings (SSSR count). The van der Waals surface area contributed by atoms with Gasteiger partial charge in [-0.2, -0.15) is 5.10 Å². The van der Waals surface area contributed by atoms with E-state index in [1.54, 1.807) is 0 Å². The summed E-state index contributed by atoms with van der Waals surface area (Å²) in [6.45, 7) is 2.05. The molecular weight excluding hydrogens is 392 g/mol. The third-order valence-electron chi connectivity index (χ3n) is 5.80. The first-order valence-corrected chi connectivity index (χ1v) is 11.6. The van der Waals surface area contributed by atoms with E-state index in [9.17, 15) is 0 Å². The number of anilines is 1. The second kappa shape index (κ2) is 11.3. The Hall–Kier alpha value is -3.40. The van der Waals surface area contributed by atoms with Crippen molar-refractivity contribution in [3.8, 4) is 0 Å².